The van der Waals surface area contributed by atoms with Crippen molar-refractivity contribution >= 4 is 38.8 Å². The van der Waals surface area contributed by atoms with Gasteiger partial charge in [0.25, 0.3) is 0 Å². The normalized spacial score (nSPS) is 12.6. The molecule has 0 amide bonds. The van der Waals surface area contributed by atoms with Gasteiger partial charge in [-0.3, -0.25) is 4.57 Å². The first-order valence-electron chi connectivity index (χ1n) is 17.0. The molecule has 0 unspecified atom stereocenters. The lowest BCUT2D eigenvalue weighted by Gasteiger charge is -2.13. The second-order valence-electron chi connectivity index (χ2n) is 12.6. The van der Waals surface area contributed by atoms with Gasteiger partial charge >= 0.3 is 0 Å². The summed E-state index contributed by atoms with van der Waals surface area (Å²) < 4.78 is 4.77. The van der Waals surface area contributed by atoms with Crippen LogP contribution in [0.3, 0.4) is 0 Å². The van der Waals surface area contributed by atoms with Gasteiger partial charge in [-0.2, -0.15) is 0 Å². The number of fused-ring (bicyclic) bond motifs is 7. The molecular formula is C44H30N6. The first kappa shape index (κ1) is 28.4. The largest absolute Gasteiger partial charge is 0.309 e. The van der Waals surface area contributed by atoms with E-state index in [0.717, 1.165) is 41.0 Å². The van der Waals surface area contributed by atoms with E-state index in [0.29, 0.717) is 23.2 Å². The molecule has 0 bridgehead atoms. The van der Waals surface area contributed by atoms with Crippen LogP contribution in [-0.4, -0.2) is 29.1 Å². The van der Waals surface area contributed by atoms with Crippen LogP contribution in [0.25, 0.3) is 84.6 Å². The molecule has 6 heteroatoms. The molecule has 9 aromatic rings. The Balaban J connectivity index is 1.22. The number of benzene rings is 5. The van der Waals surface area contributed by atoms with Gasteiger partial charge in [0, 0.05) is 44.2 Å². The third kappa shape index (κ3) is 4.49. The van der Waals surface area contributed by atoms with Crippen LogP contribution in [0.5, 0.6) is 0 Å². The van der Waals surface area contributed by atoms with Crippen LogP contribution in [0, 0.1) is 0 Å². The average Bonchev–Trinajstić information content (AvgIpc) is 3.72. The van der Waals surface area contributed by atoms with Crippen LogP contribution < -0.4 is 0 Å². The number of hydrogen-bond acceptors (Lipinski definition) is 4. The van der Waals surface area contributed by atoms with Crippen molar-refractivity contribution in [1.82, 2.24) is 29.1 Å². The fourth-order valence-electron chi connectivity index (χ4n) is 7.46. The summed E-state index contributed by atoms with van der Waals surface area (Å²) in [5, 5.41) is 3.72. The van der Waals surface area contributed by atoms with E-state index in [9.17, 15) is 0 Å². The summed E-state index contributed by atoms with van der Waals surface area (Å²) in [7, 11) is 0. The zero-order chi connectivity index (χ0) is 33.0. The van der Waals surface area contributed by atoms with E-state index in [4.69, 9.17) is 19.9 Å². The molecule has 10 rings (SSSR count). The van der Waals surface area contributed by atoms with Crippen molar-refractivity contribution in [2.75, 3.05) is 0 Å². The molecule has 0 fully saturated rings. The molecule has 4 aromatic heterocycles. The first-order chi connectivity index (χ1) is 24.8. The molecule has 0 spiro atoms. The van der Waals surface area contributed by atoms with Crippen molar-refractivity contribution in [3.8, 4) is 45.8 Å². The van der Waals surface area contributed by atoms with Crippen molar-refractivity contribution < 1.29 is 0 Å². The molecule has 50 heavy (non-hydrogen) atoms. The number of rotatable bonds is 5. The lowest BCUT2D eigenvalue weighted by Crippen LogP contribution is -2.06. The van der Waals surface area contributed by atoms with Crippen molar-refractivity contribution in [1.29, 1.82) is 0 Å². The van der Waals surface area contributed by atoms with Crippen molar-refractivity contribution in [2.24, 2.45) is 0 Å². The topological polar surface area (TPSA) is 61.4 Å². The Morgan fingerprint density at radius 3 is 1.88 bits per heavy atom. The second kappa shape index (κ2) is 11.5. The molecule has 236 valence electrons. The molecular weight excluding hydrogens is 613 g/mol. The molecule has 0 radical (unpaired) electrons. The molecule has 0 aliphatic heterocycles. The van der Waals surface area contributed by atoms with Crippen LogP contribution in [-0.2, 0) is 6.42 Å². The van der Waals surface area contributed by atoms with E-state index in [1.807, 2.05) is 66.7 Å². The third-order valence-corrected chi connectivity index (χ3v) is 9.64. The molecule has 1 aliphatic carbocycles. The van der Waals surface area contributed by atoms with Gasteiger partial charge < -0.3 is 4.57 Å². The summed E-state index contributed by atoms with van der Waals surface area (Å²) in [5.41, 5.74) is 9.75. The highest BCUT2D eigenvalue weighted by Crippen LogP contribution is 2.42. The van der Waals surface area contributed by atoms with Crippen LogP contribution in [0.1, 0.15) is 17.7 Å². The van der Waals surface area contributed by atoms with Gasteiger partial charge in [-0.15, -0.1) is 0 Å². The molecule has 4 heterocycles. The molecule has 1 aliphatic rings. The van der Waals surface area contributed by atoms with E-state index in [-0.39, 0.29) is 0 Å². The summed E-state index contributed by atoms with van der Waals surface area (Å²) in [5.74, 6) is 2.61. The van der Waals surface area contributed by atoms with Gasteiger partial charge in [0.05, 0.1) is 16.6 Å². The predicted molar refractivity (Wildman–Crippen MR) is 202 cm³/mol. The minimum absolute atomic E-state index is 0.538. The molecule has 0 saturated carbocycles. The van der Waals surface area contributed by atoms with Crippen molar-refractivity contribution in [3.05, 3.63) is 163 Å². The van der Waals surface area contributed by atoms with E-state index >= 15 is 0 Å². The maximum Gasteiger partial charge on any atom is 0.182 e. The summed E-state index contributed by atoms with van der Waals surface area (Å²) in [4.78, 5) is 20.1. The Morgan fingerprint density at radius 2 is 1.14 bits per heavy atom. The standard InChI is InChI=1S/C44H30N6/c1-4-15-29(16-5-1)42-46-43(30-17-6-2-7-18-30)48-44(47-42)35-23-14-26-39(45-35)50-37-25-13-11-22-34(37)40-38(50)28-27-33-32-21-10-12-24-36(32)49(41(33)40)31-19-8-3-9-20-31/h1-12,14-24,26-28H,13,25H2. The monoisotopic (exact) mass is 642 g/mol. The van der Waals surface area contributed by atoms with Gasteiger partial charge in [-0.05, 0) is 49.2 Å². The zero-order valence-electron chi connectivity index (χ0n) is 27.1. The third-order valence-electron chi connectivity index (χ3n) is 9.64. The van der Waals surface area contributed by atoms with E-state index in [1.54, 1.807) is 0 Å². The maximum atomic E-state index is 5.30. The number of pyridine rings is 1. The minimum atomic E-state index is 0.538. The number of aromatic nitrogens is 6. The van der Waals surface area contributed by atoms with Gasteiger partial charge in [0.15, 0.2) is 17.5 Å². The second-order valence-corrected chi connectivity index (χ2v) is 12.6. The van der Waals surface area contributed by atoms with Crippen molar-refractivity contribution in [2.45, 2.75) is 12.8 Å². The molecule has 0 N–H and O–H groups in total. The number of nitrogens with zero attached hydrogens (tertiary/aromatic N) is 6. The van der Waals surface area contributed by atoms with E-state index in [1.165, 1.54) is 38.4 Å². The van der Waals surface area contributed by atoms with E-state index in [2.05, 4.69) is 100 Å². The smallest absolute Gasteiger partial charge is 0.182 e. The highest BCUT2D eigenvalue weighted by atomic mass is 15.1. The average molecular weight is 643 g/mol. The Labute approximate surface area is 288 Å². The first-order valence-corrected chi connectivity index (χ1v) is 17.0. The fourth-order valence-corrected chi connectivity index (χ4v) is 7.46. The maximum absolute atomic E-state index is 5.30. The summed E-state index contributed by atoms with van der Waals surface area (Å²) in [6.45, 7) is 0. The lowest BCUT2D eigenvalue weighted by molar-refractivity contribution is 0.871. The van der Waals surface area contributed by atoms with Crippen LogP contribution in [0.2, 0.25) is 0 Å². The Kier molecular flexibility index (Phi) is 6.52. The van der Waals surface area contributed by atoms with E-state index < -0.39 is 0 Å². The summed E-state index contributed by atoms with van der Waals surface area (Å²) in [6.07, 6.45) is 6.49. The molecule has 6 nitrogen and oxygen atoms in total. The lowest BCUT2D eigenvalue weighted by atomic mass is 10.0. The highest BCUT2D eigenvalue weighted by molar-refractivity contribution is 6.20. The predicted octanol–water partition coefficient (Wildman–Crippen LogP) is 10.3. The zero-order valence-corrected chi connectivity index (χ0v) is 27.1. The SMILES string of the molecule is C1=Cc2c(n(-c3cccc(-c4nc(-c5ccccc5)nc(-c5ccccc5)n4)n3)c3ccc4c5ccccc5n(-c5ccccc5)c4c23)CC1. The molecule has 0 atom stereocenters. The number of para-hydroxylation sites is 2. The van der Waals surface area contributed by atoms with Crippen LogP contribution in [0.15, 0.2) is 152 Å². The van der Waals surface area contributed by atoms with Gasteiger partial charge in [0.1, 0.15) is 11.5 Å². The number of allylic oxidation sites excluding steroid dienone is 1. The quantitative estimate of drug-likeness (QED) is 0.187. The molecule has 5 aromatic carbocycles. The Morgan fingerprint density at radius 1 is 0.480 bits per heavy atom. The van der Waals surface area contributed by atoms with Gasteiger partial charge in [-0.25, -0.2) is 19.9 Å². The minimum Gasteiger partial charge on any atom is -0.309 e. The van der Waals surface area contributed by atoms with Gasteiger partial charge in [-0.1, -0.05) is 121 Å². The Bertz CT molecular complexity index is 2680. The summed E-state index contributed by atoms with van der Waals surface area (Å²) in [6, 6.07) is 50.2. The van der Waals surface area contributed by atoms with Gasteiger partial charge in [0.2, 0.25) is 0 Å². The molecule has 0 saturated heterocycles. The number of hydrogen-bond donors (Lipinski definition) is 0. The van der Waals surface area contributed by atoms with Crippen LogP contribution >= 0.6 is 0 Å². The Hall–Kier alpha value is -6.66. The van der Waals surface area contributed by atoms with Crippen LogP contribution in [0.4, 0.5) is 0 Å². The highest BCUT2D eigenvalue weighted by Gasteiger charge is 2.25. The fraction of sp³-hybridized carbons (Fsp3) is 0.0455. The summed E-state index contributed by atoms with van der Waals surface area (Å²) >= 11 is 0. The van der Waals surface area contributed by atoms with Crippen molar-refractivity contribution in [3.63, 3.8) is 0 Å².